The SMILES string of the molecule is CCCCC(C)N1C(=O)CNC(=O)C1CC. The number of nitrogens with zero attached hydrogens (tertiary/aromatic N) is 1. The third-order valence-electron chi connectivity index (χ3n) is 3.18. The van der Waals surface area contributed by atoms with E-state index in [0.717, 1.165) is 19.3 Å². The van der Waals surface area contributed by atoms with Crippen LogP contribution in [-0.2, 0) is 9.59 Å². The minimum Gasteiger partial charge on any atom is -0.345 e. The first-order valence-corrected chi connectivity index (χ1v) is 6.20. The largest absolute Gasteiger partial charge is 0.345 e. The molecule has 1 rings (SSSR count). The monoisotopic (exact) mass is 226 g/mol. The summed E-state index contributed by atoms with van der Waals surface area (Å²) in [6, 6.07) is -0.100. The highest BCUT2D eigenvalue weighted by Gasteiger charge is 2.35. The van der Waals surface area contributed by atoms with Gasteiger partial charge in [-0.15, -0.1) is 0 Å². The van der Waals surface area contributed by atoms with Gasteiger partial charge in [-0.05, 0) is 19.8 Å². The Morgan fingerprint density at radius 1 is 1.44 bits per heavy atom. The molecule has 1 fully saturated rings. The fourth-order valence-corrected chi connectivity index (χ4v) is 2.25. The van der Waals surface area contributed by atoms with Crippen molar-refractivity contribution in [1.82, 2.24) is 10.2 Å². The number of rotatable bonds is 5. The smallest absolute Gasteiger partial charge is 0.243 e. The maximum atomic E-state index is 11.8. The van der Waals surface area contributed by atoms with Gasteiger partial charge in [0.25, 0.3) is 0 Å². The van der Waals surface area contributed by atoms with E-state index in [9.17, 15) is 9.59 Å². The lowest BCUT2D eigenvalue weighted by atomic mass is 10.0. The lowest BCUT2D eigenvalue weighted by Gasteiger charge is -2.38. The molecule has 4 heteroatoms. The Hall–Kier alpha value is -1.06. The van der Waals surface area contributed by atoms with E-state index < -0.39 is 0 Å². The van der Waals surface area contributed by atoms with Crippen LogP contribution in [0, 0.1) is 0 Å². The minimum absolute atomic E-state index is 0.00884. The molecule has 1 aliphatic heterocycles. The molecule has 1 aliphatic rings. The summed E-state index contributed by atoms with van der Waals surface area (Å²) in [5.41, 5.74) is 0. The van der Waals surface area contributed by atoms with Crippen LogP contribution in [0.15, 0.2) is 0 Å². The molecule has 92 valence electrons. The van der Waals surface area contributed by atoms with Crippen LogP contribution in [0.5, 0.6) is 0 Å². The summed E-state index contributed by atoms with van der Waals surface area (Å²) in [5.74, 6) is 0.0421. The van der Waals surface area contributed by atoms with Gasteiger partial charge in [0.05, 0.1) is 6.54 Å². The van der Waals surface area contributed by atoms with E-state index in [1.54, 1.807) is 4.90 Å². The van der Waals surface area contributed by atoms with Crippen LogP contribution in [0.4, 0.5) is 0 Å². The molecule has 2 atom stereocenters. The second-order valence-corrected chi connectivity index (χ2v) is 4.43. The molecular weight excluding hydrogens is 204 g/mol. The first-order chi connectivity index (χ1) is 7.61. The summed E-state index contributed by atoms with van der Waals surface area (Å²) in [5, 5.41) is 2.64. The highest BCUT2D eigenvalue weighted by molar-refractivity contribution is 5.94. The average molecular weight is 226 g/mol. The van der Waals surface area contributed by atoms with Crippen LogP contribution in [0.2, 0.25) is 0 Å². The zero-order valence-corrected chi connectivity index (χ0v) is 10.5. The quantitative estimate of drug-likeness (QED) is 0.768. The first kappa shape index (κ1) is 13.0. The fourth-order valence-electron chi connectivity index (χ4n) is 2.25. The van der Waals surface area contributed by atoms with Crippen molar-refractivity contribution in [3.63, 3.8) is 0 Å². The van der Waals surface area contributed by atoms with Crippen molar-refractivity contribution in [2.45, 2.75) is 58.5 Å². The number of amides is 2. The van der Waals surface area contributed by atoms with Crippen LogP contribution < -0.4 is 5.32 Å². The fraction of sp³-hybridized carbons (Fsp3) is 0.833. The maximum Gasteiger partial charge on any atom is 0.243 e. The third-order valence-corrected chi connectivity index (χ3v) is 3.18. The van der Waals surface area contributed by atoms with E-state index in [-0.39, 0.29) is 30.4 Å². The van der Waals surface area contributed by atoms with Crippen LogP contribution in [0.1, 0.15) is 46.5 Å². The molecule has 0 aromatic carbocycles. The Balaban J connectivity index is 2.71. The van der Waals surface area contributed by atoms with E-state index in [1.807, 2.05) is 13.8 Å². The molecule has 0 bridgehead atoms. The Morgan fingerprint density at radius 2 is 2.12 bits per heavy atom. The topological polar surface area (TPSA) is 49.4 Å². The molecule has 1 N–H and O–H groups in total. The summed E-state index contributed by atoms with van der Waals surface area (Å²) in [4.78, 5) is 25.3. The number of nitrogens with one attached hydrogen (secondary N) is 1. The van der Waals surface area contributed by atoms with Crippen molar-refractivity contribution >= 4 is 11.8 Å². The predicted octanol–water partition coefficient (Wildman–Crippen LogP) is 1.30. The second kappa shape index (κ2) is 5.87. The Kier molecular flexibility index (Phi) is 4.77. The van der Waals surface area contributed by atoms with E-state index >= 15 is 0 Å². The number of hydrogen-bond acceptors (Lipinski definition) is 2. The molecule has 4 nitrogen and oxygen atoms in total. The van der Waals surface area contributed by atoms with Gasteiger partial charge in [0.1, 0.15) is 6.04 Å². The van der Waals surface area contributed by atoms with E-state index in [2.05, 4.69) is 12.2 Å². The van der Waals surface area contributed by atoms with Gasteiger partial charge in [0.15, 0.2) is 0 Å². The number of carbonyl (C=O) groups excluding carboxylic acids is 2. The summed E-state index contributed by atoms with van der Waals surface area (Å²) in [6.45, 7) is 6.28. The summed E-state index contributed by atoms with van der Waals surface area (Å²) in [7, 11) is 0. The summed E-state index contributed by atoms with van der Waals surface area (Å²) in [6.07, 6.45) is 3.89. The predicted molar refractivity (Wildman–Crippen MR) is 62.9 cm³/mol. The van der Waals surface area contributed by atoms with Crippen LogP contribution in [0.25, 0.3) is 0 Å². The molecule has 0 aromatic rings. The van der Waals surface area contributed by atoms with Gasteiger partial charge in [-0.1, -0.05) is 26.7 Å². The number of carbonyl (C=O) groups is 2. The second-order valence-electron chi connectivity index (χ2n) is 4.43. The van der Waals surface area contributed by atoms with Gasteiger partial charge < -0.3 is 10.2 Å². The zero-order chi connectivity index (χ0) is 12.1. The molecule has 0 radical (unpaired) electrons. The molecule has 0 saturated carbocycles. The first-order valence-electron chi connectivity index (χ1n) is 6.20. The number of hydrogen-bond donors (Lipinski definition) is 1. The molecular formula is C12H22N2O2. The summed E-state index contributed by atoms with van der Waals surface area (Å²) >= 11 is 0. The standard InChI is InChI=1S/C12H22N2O2/c1-4-6-7-9(3)14-10(5-2)12(16)13-8-11(14)15/h9-10H,4-8H2,1-3H3,(H,13,16). The number of unbranched alkanes of at least 4 members (excludes halogenated alkanes) is 1. The molecule has 2 amide bonds. The Morgan fingerprint density at radius 3 is 2.69 bits per heavy atom. The Labute approximate surface area is 97.4 Å². The maximum absolute atomic E-state index is 11.8. The zero-order valence-electron chi connectivity index (χ0n) is 10.5. The van der Waals surface area contributed by atoms with Gasteiger partial charge in [0, 0.05) is 6.04 Å². The third kappa shape index (κ3) is 2.74. The van der Waals surface area contributed by atoms with Gasteiger partial charge in [-0.25, -0.2) is 0 Å². The number of piperazine rings is 1. The van der Waals surface area contributed by atoms with Crippen LogP contribution in [0.3, 0.4) is 0 Å². The molecule has 1 saturated heterocycles. The highest BCUT2D eigenvalue weighted by atomic mass is 16.2. The van der Waals surface area contributed by atoms with Crippen LogP contribution >= 0.6 is 0 Å². The van der Waals surface area contributed by atoms with Crippen molar-refractivity contribution < 1.29 is 9.59 Å². The van der Waals surface area contributed by atoms with Crippen molar-refractivity contribution in [2.75, 3.05) is 6.54 Å². The lowest BCUT2D eigenvalue weighted by Crippen LogP contribution is -2.60. The normalized spacial score (nSPS) is 23.2. The van der Waals surface area contributed by atoms with Gasteiger partial charge in [-0.2, -0.15) is 0 Å². The van der Waals surface area contributed by atoms with Crippen molar-refractivity contribution in [1.29, 1.82) is 0 Å². The van der Waals surface area contributed by atoms with Gasteiger partial charge in [-0.3, -0.25) is 9.59 Å². The minimum atomic E-state index is -0.270. The molecule has 16 heavy (non-hydrogen) atoms. The van der Waals surface area contributed by atoms with E-state index in [0.29, 0.717) is 6.42 Å². The van der Waals surface area contributed by atoms with Gasteiger partial charge in [0.2, 0.25) is 11.8 Å². The molecule has 2 unspecified atom stereocenters. The highest BCUT2D eigenvalue weighted by Crippen LogP contribution is 2.17. The summed E-state index contributed by atoms with van der Waals surface area (Å²) < 4.78 is 0. The molecule has 0 aliphatic carbocycles. The molecule has 0 aromatic heterocycles. The van der Waals surface area contributed by atoms with E-state index in [1.165, 1.54) is 0 Å². The van der Waals surface area contributed by atoms with Gasteiger partial charge >= 0.3 is 0 Å². The lowest BCUT2D eigenvalue weighted by molar-refractivity contribution is -0.148. The molecule has 1 heterocycles. The Bertz CT molecular complexity index is 266. The van der Waals surface area contributed by atoms with Crippen molar-refractivity contribution in [3.8, 4) is 0 Å². The molecule has 0 spiro atoms. The average Bonchev–Trinajstić information content (AvgIpc) is 2.28. The van der Waals surface area contributed by atoms with Crippen molar-refractivity contribution in [2.24, 2.45) is 0 Å². The van der Waals surface area contributed by atoms with Crippen molar-refractivity contribution in [3.05, 3.63) is 0 Å². The van der Waals surface area contributed by atoms with Crippen LogP contribution in [-0.4, -0.2) is 35.3 Å². The van der Waals surface area contributed by atoms with E-state index in [4.69, 9.17) is 0 Å².